The first-order valence-electron chi connectivity index (χ1n) is 12.7. The number of ether oxygens (including phenoxy) is 5. The first kappa shape index (κ1) is 26.6. The highest BCUT2D eigenvalue weighted by Crippen LogP contribution is 2.67. The van der Waals surface area contributed by atoms with Gasteiger partial charge in [0.05, 0.1) is 23.7 Å². The van der Waals surface area contributed by atoms with E-state index < -0.39 is 58.9 Å². The first-order valence-corrected chi connectivity index (χ1v) is 12.7. The number of esters is 3. The molecule has 1 spiro atoms. The molecule has 4 rings (SSSR count). The van der Waals surface area contributed by atoms with Crippen LogP contribution in [0, 0.1) is 17.3 Å². The molecule has 1 heterocycles. The molecule has 36 heavy (non-hydrogen) atoms. The molecule has 1 saturated heterocycles. The Morgan fingerprint density at radius 2 is 1.47 bits per heavy atom. The van der Waals surface area contributed by atoms with Crippen molar-refractivity contribution in [1.82, 2.24) is 0 Å². The molecule has 0 unspecified atom stereocenters. The molecule has 3 fully saturated rings. The molecule has 0 N–H and O–H groups in total. The summed E-state index contributed by atoms with van der Waals surface area (Å²) in [4.78, 5) is 36.8. The molecule has 1 aromatic rings. The molecule has 8 nitrogen and oxygen atoms in total. The van der Waals surface area contributed by atoms with Gasteiger partial charge >= 0.3 is 17.9 Å². The Morgan fingerprint density at radius 3 is 2.06 bits per heavy atom. The molecule has 2 aliphatic carbocycles. The zero-order chi connectivity index (χ0) is 26.5. The zero-order valence-corrected chi connectivity index (χ0v) is 22.2. The molecule has 1 aromatic carbocycles. The highest BCUT2D eigenvalue weighted by atomic mass is 16.6. The molecule has 2 bridgehead atoms. The van der Waals surface area contributed by atoms with Gasteiger partial charge in [-0.05, 0) is 38.2 Å². The van der Waals surface area contributed by atoms with E-state index in [2.05, 4.69) is 0 Å². The fraction of sp³-hybridized carbons (Fsp3) is 0.679. The smallest absolute Gasteiger partial charge is 0.303 e. The summed E-state index contributed by atoms with van der Waals surface area (Å²) >= 11 is 0. The van der Waals surface area contributed by atoms with Crippen LogP contribution in [0.15, 0.2) is 30.3 Å². The van der Waals surface area contributed by atoms with Crippen molar-refractivity contribution < 1.29 is 38.1 Å². The number of benzene rings is 1. The van der Waals surface area contributed by atoms with Gasteiger partial charge in [0.1, 0.15) is 23.9 Å². The normalized spacial score (nSPS) is 38.5. The van der Waals surface area contributed by atoms with E-state index in [1.54, 1.807) is 0 Å². The fourth-order valence-corrected chi connectivity index (χ4v) is 7.20. The van der Waals surface area contributed by atoms with E-state index in [1.807, 2.05) is 58.0 Å². The average Bonchev–Trinajstić information content (AvgIpc) is 2.94. The second-order valence-corrected chi connectivity index (χ2v) is 11.3. The third kappa shape index (κ3) is 4.22. The number of hydrogen-bond acceptors (Lipinski definition) is 8. The predicted molar refractivity (Wildman–Crippen MR) is 130 cm³/mol. The Kier molecular flexibility index (Phi) is 6.99. The molecule has 0 aromatic heterocycles. The van der Waals surface area contributed by atoms with Crippen LogP contribution in [0.1, 0.15) is 66.9 Å². The molecule has 0 radical (unpaired) electrons. The van der Waals surface area contributed by atoms with Gasteiger partial charge in [0, 0.05) is 26.7 Å². The molecule has 0 amide bonds. The molecule has 2 saturated carbocycles. The van der Waals surface area contributed by atoms with Crippen LogP contribution in [0.5, 0.6) is 0 Å². The lowest BCUT2D eigenvalue weighted by molar-refractivity contribution is -0.311. The summed E-state index contributed by atoms with van der Waals surface area (Å²) in [6.07, 6.45) is -1.64. The molecule has 8 heteroatoms. The van der Waals surface area contributed by atoms with Gasteiger partial charge in [-0.1, -0.05) is 44.2 Å². The number of rotatable bonds is 6. The van der Waals surface area contributed by atoms with Gasteiger partial charge < -0.3 is 23.7 Å². The van der Waals surface area contributed by atoms with Gasteiger partial charge in [0.15, 0.2) is 0 Å². The second kappa shape index (κ2) is 9.45. The fourth-order valence-electron chi connectivity index (χ4n) is 7.20. The summed E-state index contributed by atoms with van der Waals surface area (Å²) in [5.74, 6) is -1.68. The van der Waals surface area contributed by atoms with Crippen LogP contribution in [-0.4, -0.2) is 53.5 Å². The third-order valence-electron chi connectivity index (χ3n) is 8.54. The third-order valence-corrected chi connectivity index (χ3v) is 8.54. The summed E-state index contributed by atoms with van der Waals surface area (Å²) in [5, 5.41) is 0. The van der Waals surface area contributed by atoms with Crippen LogP contribution in [0.2, 0.25) is 0 Å². The monoisotopic (exact) mass is 502 g/mol. The van der Waals surface area contributed by atoms with Gasteiger partial charge in [0.2, 0.25) is 0 Å². The molecule has 8 atom stereocenters. The van der Waals surface area contributed by atoms with Crippen molar-refractivity contribution in [2.75, 3.05) is 0 Å². The molecule has 198 valence electrons. The Morgan fingerprint density at radius 1 is 0.889 bits per heavy atom. The standard InChI is InChI=1S/C28H38O8/c1-16-13-22(33-17(2)29)25(35-19(4)31)27(7)23(32-15-20-11-9-8-10-12-20)14-21-24(34-18(3)30)28(16,27)36-26(21,5)6/h8-12,16,21-25H,13-15H2,1-7H3/t16-,21-,22+,23+,24+,25+,27-,28-/m1/s1. The van der Waals surface area contributed by atoms with Crippen molar-refractivity contribution in [1.29, 1.82) is 0 Å². The van der Waals surface area contributed by atoms with E-state index >= 15 is 0 Å². The van der Waals surface area contributed by atoms with Crippen molar-refractivity contribution in [2.24, 2.45) is 17.3 Å². The molecule has 3 aliphatic rings. The molecular weight excluding hydrogens is 464 g/mol. The highest BCUT2D eigenvalue weighted by molar-refractivity contribution is 5.68. The lowest BCUT2D eigenvalue weighted by atomic mass is 9.48. The number of fused-ring (bicyclic) bond motifs is 1. The first-order chi connectivity index (χ1) is 16.8. The molecule has 1 aliphatic heterocycles. The average molecular weight is 503 g/mol. The van der Waals surface area contributed by atoms with Gasteiger partial charge in [-0.25, -0.2) is 0 Å². The maximum Gasteiger partial charge on any atom is 0.303 e. The lowest BCUT2D eigenvalue weighted by Gasteiger charge is -2.63. The summed E-state index contributed by atoms with van der Waals surface area (Å²) in [7, 11) is 0. The second-order valence-electron chi connectivity index (χ2n) is 11.3. The maximum absolute atomic E-state index is 12.4. The zero-order valence-electron chi connectivity index (χ0n) is 22.2. The lowest BCUT2D eigenvalue weighted by Crippen LogP contribution is -2.76. The van der Waals surface area contributed by atoms with E-state index in [1.165, 1.54) is 20.8 Å². The number of carbonyl (C=O) groups excluding carboxylic acids is 3. The van der Waals surface area contributed by atoms with Crippen LogP contribution in [0.25, 0.3) is 0 Å². The SMILES string of the molecule is CC(=O)O[C@H]1C[C@@H](C)[C@]23OC(C)(C)[C@H](C[C@H](OCc4ccccc4)[C@]2(C)[C@H]1OC(C)=O)[C@@H]3OC(C)=O. The Labute approximate surface area is 212 Å². The quantitative estimate of drug-likeness (QED) is 0.426. The summed E-state index contributed by atoms with van der Waals surface area (Å²) in [6.45, 7) is 12.4. The van der Waals surface area contributed by atoms with Crippen molar-refractivity contribution in [3.05, 3.63) is 35.9 Å². The minimum absolute atomic E-state index is 0.138. The molecular formula is C28H38O8. The largest absolute Gasteiger partial charge is 0.459 e. The topological polar surface area (TPSA) is 97.4 Å². The van der Waals surface area contributed by atoms with Gasteiger partial charge in [-0.15, -0.1) is 0 Å². The van der Waals surface area contributed by atoms with E-state index in [4.69, 9.17) is 23.7 Å². The van der Waals surface area contributed by atoms with E-state index in [9.17, 15) is 14.4 Å². The maximum atomic E-state index is 12.4. The minimum Gasteiger partial charge on any atom is -0.459 e. The van der Waals surface area contributed by atoms with E-state index in [0.717, 1.165) is 5.56 Å². The highest BCUT2D eigenvalue weighted by Gasteiger charge is 2.80. The van der Waals surface area contributed by atoms with Crippen molar-refractivity contribution in [3.8, 4) is 0 Å². The van der Waals surface area contributed by atoms with Crippen LogP contribution < -0.4 is 0 Å². The predicted octanol–water partition coefficient (Wildman–Crippen LogP) is 3.98. The van der Waals surface area contributed by atoms with Crippen LogP contribution >= 0.6 is 0 Å². The number of hydrogen-bond donors (Lipinski definition) is 0. The Hall–Kier alpha value is -2.45. The Balaban J connectivity index is 1.87. The van der Waals surface area contributed by atoms with Crippen molar-refractivity contribution >= 4 is 17.9 Å². The van der Waals surface area contributed by atoms with E-state index in [0.29, 0.717) is 19.4 Å². The van der Waals surface area contributed by atoms with Gasteiger partial charge in [-0.3, -0.25) is 14.4 Å². The van der Waals surface area contributed by atoms with Gasteiger partial charge in [0.25, 0.3) is 0 Å². The van der Waals surface area contributed by atoms with Crippen LogP contribution in [0.3, 0.4) is 0 Å². The van der Waals surface area contributed by atoms with Crippen LogP contribution in [0.4, 0.5) is 0 Å². The van der Waals surface area contributed by atoms with Crippen molar-refractivity contribution in [2.45, 2.75) is 104 Å². The van der Waals surface area contributed by atoms with Crippen molar-refractivity contribution in [3.63, 3.8) is 0 Å². The summed E-state index contributed by atoms with van der Waals surface area (Å²) in [6, 6.07) is 9.84. The number of carbonyl (C=O) groups is 3. The van der Waals surface area contributed by atoms with E-state index in [-0.39, 0.29) is 11.8 Å². The summed E-state index contributed by atoms with van der Waals surface area (Å²) < 4.78 is 31.3. The Bertz CT molecular complexity index is 1010. The van der Waals surface area contributed by atoms with Gasteiger partial charge in [-0.2, -0.15) is 0 Å². The minimum atomic E-state index is -1.02. The summed E-state index contributed by atoms with van der Waals surface area (Å²) in [5.41, 5.74) is -1.64. The van der Waals surface area contributed by atoms with Crippen LogP contribution in [-0.2, 0) is 44.7 Å².